The summed E-state index contributed by atoms with van der Waals surface area (Å²) in [6.45, 7) is 1.89. The molecule has 1 amide bonds. The summed E-state index contributed by atoms with van der Waals surface area (Å²) >= 11 is 0. The van der Waals surface area contributed by atoms with Gasteiger partial charge in [0.25, 0.3) is 0 Å². The normalized spacial score (nSPS) is 10.2. The van der Waals surface area contributed by atoms with Gasteiger partial charge >= 0.3 is 5.97 Å². The van der Waals surface area contributed by atoms with Crippen LogP contribution in [0.3, 0.4) is 0 Å². The van der Waals surface area contributed by atoms with E-state index in [4.69, 9.17) is 14.6 Å². The SMILES string of the molecule is COc1cc(CC(=O)NCc2cccc(OCC(=O)O)c2)ccc1C. The highest BCUT2D eigenvalue weighted by Gasteiger charge is 2.07. The lowest BCUT2D eigenvalue weighted by molar-refractivity contribution is -0.139. The molecule has 25 heavy (non-hydrogen) atoms. The first-order valence-corrected chi connectivity index (χ1v) is 7.81. The molecule has 0 saturated carbocycles. The fraction of sp³-hybridized carbons (Fsp3) is 0.263. The first-order chi connectivity index (χ1) is 12.0. The summed E-state index contributed by atoms with van der Waals surface area (Å²) in [5.41, 5.74) is 2.72. The highest BCUT2D eigenvalue weighted by atomic mass is 16.5. The van der Waals surface area contributed by atoms with Crippen LogP contribution in [-0.4, -0.2) is 30.7 Å². The van der Waals surface area contributed by atoms with Gasteiger partial charge < -0.3 is 19.9 Å². The van der Waals surface area contributed by atoms with Gasteiger partial charge in [0.1, 0.15) is 11.5 Å². The van der Waals surface area contributed by atoms with Crippen molar-refractivity contribution in [1.29, 1.82) is 0 Å². The number of carboxylic acid groups (broad SMARTS) is 1. The van der Waals surface area contributed by atoms with Crippen molar-refractivity contribution in [3.63, 3.8) is 0 Å². The summed E-state index contributed by atoms with van der Waals surface area (Å²) in [6, 6.07) is 12.6. The van der Waals surface area contributed by atoms with Crippen LogP contribution >= 0.6 is 0 Å². The highest BCUT2D eigenvalue weighted by molar-refractivity contribution is 5.78. The van der Waals surface area contributed by atoms with E-state index in [0.29, 0.717) is 12.3 Å². The lowest BCUT2D eigenvalue weighted by Gasteiger charge is -2.09. The third-order valence-electron chi connectivity index (χ3n) is 3.59. The van der Waals surface area contributed by atoms with Gasteiger partial charge in [-0.15, -0.1) is 0 Å². The van der Waals surface area contributed by atoms with Crippen molar-refractivity contribution in [3.8, 4) is 11.5 Å². The van der Waals surface area contributed by atoms with Gasteiger partial charge in [-0.3, -0.25) is 4.79 Å². The molecule has 0 aromatic heterocycles. The van der Waals surface area contributed by atoms with E-state index in [1.807, 2.05) is 31.2 Å². The summed E-state index contributed by atoms with van der Waals surface area (Å²) in [7, 11) is 1.60. The maximum Gasteiger partial charge on any atom is 0.341 e. The molecule has 6 nitrogen and oxygen atoms in total. The monoisotopic (exact) mass is 343 g/mol. The van der Waals surface area contributed by atoms with Crippen LogP contribution in [0, 0.1) is 6.92 Å². The second kappa shape index (κ2) is 8.73. The molecule has 0 unspecified atom stereocenters. The van der Waals surface area contributed by atoms with Crippen LogP contribution in [-0.2, 0) is 22.6 Å². The second-order valence-electron chi connectivity index (χ2n) is 5.59. The molecule has 2 aromatic carbocycles. The molecule has 0 heterocycles. The number of methoxy groups -OCH3 is 1. The maximum atomic E-state index is 12.1. The Hall–Kier alpha value is -3.02. The molecule has 0 spiro atoms. The quantitative estimate of drug-likeness (QED) is 0.768. The Balaban J connectivity index is 1.89. The molecule has 2 N–H and O–H groups in total. The van der Waals surface area contributed by atoms with E-state index in [0.717, 1.165) is 22.4 Å². The minimum atomic E-state index is -1.03. The van der Waals surface area contributed by atoms with E-state index < -0.39 is 12.6 Å². The van der Waals surface area contributed by atoms with Crippen LogP contribution in [0.2, 0.25) is 0 Å². The van der Waals surface area contributed by atoms with Gasteiger partial charge in [-0.25, -0.2) is 4.79 Å². The van der Waals surface area contributed by atoms with Crippen molar-refractivity contribution in [3.05, 3.63) is 59.2 Å². The maximum absolute atomic E-state index is 12.1. The van der Waals surface area contributed by atoms with E-state index in [2.05, 4.69) is 5.32 Å². The minimum absolute atomic E-state index is 0.109. The Morgan fingerprint density at radius 1 is 1.12 bits per heavy atom. The average Bonchev–Trinajstić information content (AvgIpc) is 2.60. The molecule has 2 aromatic rings. The van der Waals surface area contributed by atoms with Gasteiger partial charge in [0.2, 0.25) is 5.91 Å². The number of rotatable bonds is 8. The molecule has 0 aliphatic heterocycles. The van der Waals surface area contributed by atoms with Gasteiger partial charge in [0, 0.05) is 6.54 Å². The smallest absolute Gasteiger partial charge is 0.341 e. The Bertz CT molecular complexity index is 757. The summed E-state index contributed by atoms with van der Waals surface area (Å²) in [4.78, 5) is 22.6. The molecular formula is C19H21NO5. The average molecular weight is 343 g/mol. The van der Waals surface area contributed by atoms with E-state index in [-0.39, 0.29) is 12.3 Å². The first kappa shape index (κ1) is 18.3. The Kier molecular flexibility index (Phi) is 6.39. The zero-order chi connectivity index (χ0) is 18.2. The number of carbonyl (C=O) groups excluding carboxylic acids is 1. The fourth-order valence-electron chi connectivity index (χ4n) is 2.31. The van der Waals surface area contributed by atoms with Crippen molar-refractivity contribution >= 4 is 11.9 Å². The van der Waals surface area contributed by atoms with Crippen LogP contribution in [0.4, 0.5) is 0 Å². The molecule has 0 fully saturated rings. The molecule has 2 rings (SSSR count). The van der Waals surface area contributed by atoms with Crippen molar-refractivity contribution in [2.24, 2.45) is 0 Å². The third kappa shape index (κ3) is 5.84. The van der Waals surface area contributed by atoms with Crippen LogP contribution in [0.5, 0.6) is 11.5 Å². The van der Waals surface area contributed by atoms with Crippen LogP contribution in [0.1, 0.15) is 16.7 Å². The molecule has 0 saturated heterocycles. The zero-order valence-corrected chi connectivity index (χ0v) is 14.2. The summed E-state index contributed by atoms with van der Waals surface area (Å²) in [5, 5.41) is 11.5. The number of aliphatic carboxylic acids is 1. The van der Waals surface area contributed by atoms with Crippen molar-refractivity contribution < 1.29 is 24.2 Å². The summed E-state index contributed by atoms with van der Waals surface area (Å²) < 4.78 is 10.4. The number of carbonyl (C=O) groups is 2. The predicted molar refractivity (Wildman–Crippen MR) is 92.9 cm³/mol. The number of carboxylic acids is 1. The van der Waals surface area contributed by atoms with E-state index >= 15 is 0 Å². The van der Waals surface area contributed by atoms with Crippen molar-refractivity contribution in [1.82, 2.24) is 5.32 Å². The Morgan fingerprint density at radius 3 is 2.64 bits per heavy atom. The standard InChI is InChI=1S/C19H21NO5/c1-13-6-7-14(9-17(13)24-2)10-18(21)20-11-15-4-3-5-16(8-15)25-12-19(22)23/h3-9H,10-12H2,1-2H3,(H,20,21)(H,22,23). The molecule has 132 valence electrons. The highest BCUT2D eigenvalue weighted by Crippen LogP contribution is 2.19. The van der Waals surface area contributed by atoms with Gasteiger partial charge in [-0.05, 0) is 41.8 Å². The van der Waals surface area contributed by atoms with Gasteiger partial charge in [-0.2, -0.15) is 0 Å². The molecule has 0 aliphatic carbocycles. The number of benzene rings is 2. The molecule has 0 radical (unpaired) electrons. The topological polar surface area (TPSA) is 84.9 Å². The van der Waals surface area contributed by atoms with Crippen molar-refractivity contribution in [2.45, 2.75) is 19.9 Å². The Labute approximate surface area is 146 Å². The van der Waals surface area contributed by atoms with Crippen LogP contribution in [0.25, 0.3) is 0 Å². The Morgan fingerprint density at radius 2 is 1.92 bits per heavy atom. The van der Waals surface area contributed by atoms with Gasteiger partial charge in [0.15, 0.2) is 6.61 Å². The van der Waals surface area contributed by atoms with E-state index in [9.17, 15) is 9.59 Å². The minimum Gasteiger partial charge on any atom is -0.496 e. The number of aryl methyl sites for hydroxylation is 1. The lowest BCUT2D eigenvalue weighted by atomic mass is 10.1. The number of amides is 1. The zero-order valence-electron chi connectivity index (χ0n) is 14.2. The first-order valence-electron chi connectivity index (χ1n) is 7.81. The number of nitrogens with one attached hydrogen (secondary N) is 1. The number of ether oxygens (including phenoxy) is 2. The van der Waals surface area contributed by atoms with Gasteiger partial charge in [-0.1, -0.05) is 24.3 Å². The molecular weight excluding hydrogens is 322 g/mol. The second-order valence-corrected chi connectivity index (χ2v) is 5.59. The molecule has 0 aliphatic rings. The van der Waals surface area contributed by atoms with Crippen LogP contribution in [0.15, 0.2) is 42.5 Å². The van der Waals surface area contributed by atoms with Gasteiger partial charge in [0.05, 0.1) is 13.5 Å². The fourth-order valence-corrected chi connectivity index (χ4v) is 2.31. The van der Waals surface area contributed by atoms with Crippen LogP contribution < -0.4 is 14.8 Å². The summed E-state index contributed by atoms with van der Waals surface area (Å²) in [5.74, 6) is 0.0704. The molecule has 6 heteroatoms. The number of hydrogen-bond acceptors (Lipinski definition) is 4. The predicted octanol–water partition coefficient (Wildman–Crippen LogP) is 2.33. The van der Waals surface area contributed by atoms with Crippen molar-refractivity contribution in [2.75, 3.05) is 13.7 Å². The third-order valence-corrected chi connectivity index (χ3v) is 3.59. The largest absolute Gasteiger partial charge is 0.496 e. The lowest BCUT2D eigenvalue weighted by Crippen LogP contribution is -2.24. The molecule has 0 bridgehead atoms. The van der Waals surface area contributed by atoms with E-state index in [1.165, 1.54) is 0 Å². The van der Waals surface area contributed by atoms with E-state index in [1.54, 1.807) is 25.3 Å². The molecule has 0 atom stereocenters. The summed E-state index contributed by atoms with van der Waals surface area (Å²) in [6.07, 6.45) is 0.256. The number of hydrogen-bond donors (Lipinski definition) is 2.